The van der Waals surface area contributed by atoms with E-state index in [-0.39, 0.29) is 11.3 Å². The van der Waals surface area contributed by atoms with Crippen LogP contribution in [0.15, 0.2) is 84.8 Å². The van der Waals surface area contributed by atoms with Crippen LogP contribution in [0.25, 0.3) is 16.7 Å². The number of para-hydroxylation sites is 1. The number of hydrogen-bond donors (Lipinski definition) is 2. The van der Waals surface area contributed by atoms with Crippen molar-refractivity contribution in [2.45, 2.75) is 6.04 Å². The highest BCUT2D eigenvalue weighted by Gasteiger charge is 2.47. The van der Waals surface area contributed by atoms with Gasteiger partial charge in [-0.05, 0) is 42.0 Å². The zero-order valence-electron chi connectivity index (χ0n) is 16.1. The van der Waals surface area contributed by atoms with Gasteiger partial charge in [0, 0.05) is 40.7 Å². The minimum Gasteiger partial charge on any atom is -0.507 e. The summed E-state index contributed by atoms with van der Waals surface area (Å²) < 4.78 is 13.5. The molecule has 1 atom stereocenters. The molecule has 1 aliphatic heterocycles. The molecule has 1 unspecified atom stereocenters. The van der Waals surface area contributed by atoms with Crippen LogP contribution < -0.4 is 4.90 Å². The third kappa shape index (κ3) is 2.98. The summed E-state index contributed by atoms with van der Waals surface area (Å²) in [6, 6.07) is 15.1. The van der Waals surface area contributed by atoms with Gasteiger partial charge in [0.05, 0.1) is 11.6 Å². The second kappa shape index (κ2) is 7.21. The van der Waals surface area contributed by atoms with Crippen LogP contribution in [0.3, 0.4) is 0 Å². The fraction of sp³-hybridized carbons (Fsp3) is 0.0417. The number of nitrogens with one attached hydrogen (secondary N) is 1. The van der Waals surface area contributed by atoms with Crippen LogP contribution in [0.2, 0.25) is 0 Å². The van der Waals surface area contributed by atoms with E-state index in [9.17, 15) is 19.1 Å². The number of rotatable bonds is 3. The van der Waals surface area contributed by atoms with E-state index in [1.54, 1.807) is 24.5 Å². The third-order valence-corrected chi connectivity index (χ3v) is 5.39. The van der Waals surface area contributed by atoms with E-state index in [1.807, 2.05) is 24.3 Å². The number of carbonyl (C=O) groups is 2. The number of H-pyrrole nitrogens is 1. The van der Waals surface area contributed by atoms with Crippen molar-refractivity contribution >= 4 is 34.0 Å². The second-order valence-electron chi connectivity index (χ2n) is 7.18. The zero-order valence-corrected chi connectivity index (χ0v) is 16.1. The SMILES string of the molecule is O=C1C(=O)N(c2ccc(F)cc2)C(c2cccnc2)/C1=C(/O)c1c[nH]c2ccccc12. The standard InChI is InChI=1S/C24H16FN3O3/c25-15-7-9-16(10-8-15)28-21(14-4-3-11-26-12-14)20(23(30)24(28)31)22(29)18-13-27-19-6-2-1-5-17(18)19/h1-13,21,27,29H/b22-20-. The smallest absolute Gasteiger partial charge is 0.300 e. The zero-order chi connectivity index (χ0) is 21.5. The van der Waals surface area contributed by atoms with Crippen LogP contribution in [0.4, 0.5) is 10.1 Å². The van der Waals surface area contributed by atoms with Crippen LogP contribution in [-0.4, -0.2) is 26.8 Å². The predicted molar refractivity (Wildman–Crippen MR) is 114 cm³/mol. The first-order valence-corrected chi connectivity index (χ1v) is 9.59. The molecule has 5 rings (SSSR count). The predicted octanol–water partition coefficient (Wildman–Crippen LogP) is 4.33. The van der Waals surface area contributed by atoms with Crippen LogP contribution in [0.1, 0.15) is 17.2 Å². The molecule has 0 spiro atoms. The van der Waals surface area contributed by atoms with Crippen molar-refractivity contribution in [1.82, 2.24) is 9.97 Å². The molecule has 31 heavy (non-hydrogen) atoms. The Bertz CT molecular complexity index is 1340. The number of ketones is 1. The van der Waals surface area contributed by atoms with E-state index in [1.165, 1.54) is 35.4 Å². The number of aliphatic hydroxyl groups excluding tert-OH is 1. The lowest BCUT2D eigenvalue weighted by atomic mass is 9.96. The van der Waals surface area contributed by atoms with Crippen LogP contribution in [0.5, 0.6) is 0 Å². The molecule has 0 aliphatic carbocycles. The van der Waals surface area contributed by atoms with Gasteiger partial charge in [-0.15, -0.1) is 0 Å². The number of halogens is 1. The highest BCUT2D eigenvalue weighted by Crippen LogP contribution is 2.42. The van der Waals surface area contributed by atoms with E-state index in [0.29, 0.717) is 16.8 Å². The molecule has 0 radical (unpaired) electrons. The Morgan fingerprint density at radius 1 is 1.03 bits per heavy atom. The van der Waals surface area contributed by atoms with Crippen molar-refractivity contribution in [2.75, 3.05) is 4.90 Å². The summed E-state index contributed by atoms with van der Waals surface area (Å²) >= 11 is 0. The van der Waals surface area contributed by atoms with Crippen molar-refractivity contribution < 1.29 is 19.1 Å². The molecule has 2 N–H and O–H groups in total. The number of aromatic nitrogens is 2. The first kappa shape index (κ1) is 18.7. The normalized spacial score (nSPS) is 18.1. The van der Waals surface area contributed by atoms with Crippen molar-refractivity contribution in [2.24, 2.45) is 0 Å². The van der Waals surface area contributed by atoms with Crippen LogP contribution in [-0.2, 0) is 9.59 Å². The number of anilines is 1. The Hall–Kier alpha value is -4.26. The van der Waals surface area contributed by atoms with Gasteiger partial charge in [-0.2, -0.15) is 0 Å². The topological polar surface area (TPSA) is 86.3 Å². The van der Waals surface area contributed by atoms with Crippen LogP contribution >= 0.6 is 0 Å². The Kier molecular flexibility index (Phi) is 4.36. The van der Waals surface area contributed by atoms with E-state index in [2.05, 4.69) is 9.97 Å². The minimum absolute atomic E-state index is 0.0490. The Balaban J connectivity index is 1.75. The molecular weight excluding hydrogens is 397 g/mol. The average Bonchev–Trinajstić information content (AvgIpc) is 3.34. The highest BCUT2D eigenvalue weighted by molar-refractivity contribution is 6.51. The largest absolute Gasteiger partial charge is 0.507 e. The number of nitrogens with zero attached hydrogens (tertiary/aromatic N) is 2. The van der Waals surface area contributed by atoms with E-state index < -0.39 is 23.5 Å². The quantitative estimate of drug-likeness (QED) is 0.297. The summed E-state index contributed by atoms with van der Waals surface area (Å²) in [7, 11) is 0. The first-order chi connectivity index (χ1) is 15.1. The molecule has 0 saturated carbocycles. The van der Waals surface area contributed by atoms with Gasteiger partial charge < -0.3 is 10.1 Å². The monoisotopic (exact) mass is 413 g/mol. The van der Waals surface area contributed by atoms with Gasteiger partial charge >= 0.3 is 0 Å². The number of aromatic amines is 1. The highest BCUT2D eigenvalue weighted by atomic mass is 19.1. The first-order valence-electron chi connectivity index (χ1n) is 9.59. The number of benzene rings is 2. The molecule has 7 heteroatoms. The van der Waals surface area contributed by atoms with Crippen molar-refractivity contribution in [3.8, 4) is 0 Å². The summed E-state index contributed by atoms with van der Waals surface area (Å²) in [5, 5.41) is 11.9. The van der Waals surface area contributed by atoms with Gasteiger partial charge in [0.2, 0.25) is 0 Å². The maximum Gasteiger partial charge on any atom is 0.300 e. The maximum absolute atomic E-state index is 13.5. The summed E-state index contributed by atoms with van der Waals surface area (Å²) in [6.45, 7) is 0. The molecule has 3 heterocycles. The molecular formula is C24H16FN3O3. The van der Waals surface area contributed by atoms with Gasteiger partial charge in [0.1, 0.15) is 11.6 Å². The molecule has 2 aromatic heterocycles. The van der Waals surface area contributed by atoms with E-state index in [0.717, 1.165) is 10.9 Å². The number of hydrogen-bond acceptors (Lipinski definition) is 4. The van der Waals surface area contributed by atoms with Gasteiger partial charge in [0.15, 0.2) is 0 Å². The lowest BCUT2D eigenvalue weighted by molar-refractivity contribution is -0.132. The van der Waals surface area contributed by atoms with Gasteiger partial charge in [-0.25, -0.2) is 4.39 Å². The molecule has 152 valence electrons. The molecule has 1 amide bonds. The molecule has 0 bridgehead atoms. The number of Topliss-reactive ketones (excluding diaryl/α,β-unsaturated/α-hetero) is 1. The second-order valence-corrected chi connectivity index (χ2v) is 7.18. The summed E-state index contributed by atoms with van der Waals surface area (Å²) in [5.41, 5.74) is 2.05. The number of aliphatic hydroxyl groups is 1. The molecule has 4 aromatic rings. The molecule has 1 aliphatic rings. The Morgan fingerprint density at radius 2 is 1.81 bits per heavy atom. The summed E-state index contributed by atoms with van der Waals surface area (Å²) in [5.74, 6) is -2.37. The van der Waals surface area contributed by atoms with Gasteiger partial charge in [-0.1, -0.05) is 24.3 Å². The summed E-state index contributed by atoms with van der Waals surface area (Å²) in [6.07, 6.45) is 4.72. The number of fused-ring (bicyclic) bond motifs is 1. The lowest BCUT2D eigenvalue weighted by Crippen LogP contribution is -2.29. The third-order valence-electron chi connectivity index (χ3n) is 5.39. The minimum atomic E-state index is -0.909. The van der Waals surface area contributed by atoms with E-state index >= 15 is 0 Å². The molecule has 2 aromatic carbocycles. The van der Waals surface area contributed by atoms with E-state index in [4.69, 9.17) is 0 Å². The number of carbonyl (C=O) groups excluding carboxylic acids is 2. The van der Waals surface area contributed by atoms with Crippen LogP contribution in [0, 0.1) is 5.82 Å². The fourth-order valence-corrected chi connectivity index (χ4v) is 3.97. The lowest BCUT2D eigenvalue weighted by Gasteiger charge is -2.25. The fourth-order valence-electron chi connectivity index (χ4n) is 3.97. The Morgan fingerprint density at radius 3 is 2.55 bits per heavy atom. The number of amides is 1. The molecule has 6 nitrogen and oxygen atoms in total. The van der Waals surface area contributed by atoms with Gasteiger partial charge in [-0.3, -0.25) is 19.5 Å². The van der Waals surface area contributed by atoms with Gasteiger partial charge in [0.25, 0.3) is 11.7 Å². The summed E-state index contributed by atoms with van der Waals surface area (Å²) in [4.78, 5) is 34.6. The van der Waals surface area contributed by atoms with Crippen molar-refractivity contribution in [3.63, 3.8) is 0 Å². The Labute approximate surface area is 176 Å². The maximum atomic E-state index is 13.5. The van der Waals surface area contributed by atoms with Crippen molar-refractivity contribution in [3.05, 3.63) is 102 Å². The molecule has 1 fully saturated rings. The molecule has 1 saturated heterocycles. The average molecular weight is 413 g/mol. The van der Waals surface area contributed by atoms with Crippen molar-refractivity contribution in [1.29, 1.82) is 0 Å². The number of pyridine rings is 1.